The van der Waals surface area contributed by atoms with Crippen LogP contribution in [0.3, 0.4) is 0 Å². The first kappa shape index (κ1) is 37.9. The quantitative estimate of drug-likeness (QED) is 0.131. The zero-order chi connectivity index (χ0) is 41.5. The third-order valence-electron chi connectivity index (χ3n) is 11.2. The molecule has 4 nitrogen and oxygen atoms in total. The number of benzene rings is 8. The Labute approximate surface area is 363 Å². The van der Waals surface area contributed by atoms with E-state index in [-0.39, 0.29) is 0 Å². The van der Waals surface area contributed by atoms with E-state index in [0.717, 1.165) is 67.8 Å². The standard InChI is InChI=1S/C58H42N4/c1-3-15-43(16-4-1)45-25-33-49(34-26-45)61(57-23-9-7-19-53(57)55-21-11-13-41-59-55)51-37-29-47(30-38-51)48-31-39-52(40-32-48)62(50-35-27-46(28-36-50)44-17-5-2-6-18-44)58-24-10-8-20-54(58)56-22-12-14-42-60-56/h1-42H. The maximum atomic E-state index is 4.75. The van der Waals surface area contributed by atoms with E-state index in [1.807, 2.05) is 36.7 Å². The summed E-state index contributed by atoms with van der Waals surface area (Å²) in [7, 11) is 0. The molecule has 0 radical (unpaired) electrons. The van der Waals surface area contributed by atoms with Crippen LogP contribution in [0.5, 0.6) is 0 Å². The molecule has 0 atom stereocenters. The maximum absolute atomic E-state index is 4.75. The van der Waals surface area contributed by atoms with E-state index >= 15 is 0 Å². The van der Waals surface area contributed by atoms with Gasteiger partial charge in [0.2, 0.25) is 0 Å². The highest BCUT2D eigenvalue weighted by Gasteiger charge is 2.20. The highest BCUT2D eigenvalue weighted by molar-refractivity contribution is 5.90. The van der Waals surface area contributed by atoms with Crippen molar-refractivity contribution in [3.8, 4) is 55.9 Å². The lowest BCUT2D eigenvalue weighted by Gasteiger charge is -2.28. The highest BCUT2D eigenvalue weighted by atomic mass is 15.2. The van der Waals surface area contributed by atoms with E-state index in [9.17, 15) is 0 Å². The molecule has 2 aromatic heterocycles. The van der Waals surface area contributed by atoms with Gasteiger partial charge in [-0.15, -0.1) is 0 Å². The van der Waals surface area contributed by atoms with Crippen molar-refractivity contribution < 1.29 is 0 Å². The number of nitrogens with zero attached hydrogens (tertiary/aromatic N) is 4. The Kier molecular flexibility index (Phi) is 10.7. The maximum Gasteiger partial charge on any atom is 0.0723 e. The van der Waals surface area contributed by atoms with Crippen molar-refractivity contribution in [3.63, 3.8) is 0 Å². The summed E-state index contributed by atoms with van der Waals surface area (Å²) in [6.45, 7) is 0. The fourth-order valence-corrected chi connectivity index (χ4v) is 8.14. The van der Waals surface area contributed by atoms with E-state index in [0.29, 0.717) is 0 Å². The number of pyridine rings is 2. The fourth-order valence-electron chi connectivity index (χ4n) is 8.14. The zero-order valence-electron chi connectivity index (χ0n) is 34.0. The number of hydrogen-bond donors (Lipinski definition) is 0. The molecule has 0 aliphatic heterocycles. The van der Waals surface area contributed by atoms with Crippen LogP contribution in [-0.4, -0.2) is 9.97 Å². The van der Waals surface area contributed by atoms with Crippen LogP contribution in [0.25, 0.3) is 55.9 Å². The molecule has 0 bridgehead atoms. The molecule has 4 heteroatoms. The molecule has 0 saturated carbocycles. The second kappa shape index (κ2) is 17.5. The third-order valence-corrected chi connectivity index (χ3v) is 11.2. The van der Waals surface area contributed by atoms with E-state index in [1.165, 1.54) is 22.3 Å². The summed E-state index contributed by atoms with van der Waals surface area (Å²) in [6, 6.07) is 85.5. The Morgan fingerprint density at radius 1 is 0.226 bits per heavy atom. The van der Waals surface area contributed by atoms with Crippen LogP contribution in [0, 0.1) is 0 Å². The summed E-state index contributed by atoms with van der Waals surface area (Å²) in [6.07, 6.45) is 3.70. The molecular weight excluding hydrogens is 753 g/mol. The van der Waals surface area contributed by atoms with Crippen molar-refractivity contribution in [1.29, 1.82) is 0 Å². The predicted octanol–water partition coefficient (Wildman–Crippen LogP) is 15.8. The Bertz CT molecular complexity index is 2800. The largest absolute Gasteiger partial charge is 0.310 e. The molecule has 0 saturated heterocycles. The second-order valence-electron chi connectivity index (χ2n) is 15.1. The molecule has 8 aromatic carbocycles. The summed E-state index contributed by atoms with van der Waals surface area (Å²) in [5.41, 5.74) is 17.3. The van der Waals surface area contributed by atoms with Gasteiger partial charge in [-0.25, -0.2) is 0 Å². The van der Waals surface area contributed by atoms with Crippen LogP contribution in [0.2, 0.25) is 0 Å². The predicted molar refractivity (Wildman–Crippen MR) is 259 cm³/mol. The van der Waals surface area contributed by atoms with E-state index in [1.54, 1.807) is 0 Å². The molecule has 0 fully saturated rings. The Hall–Kier alpha value is -8.34. The Morgan fingerprint density at radius 2 is 0.500 bits per heavy atom. The van der Waals surface area contributed by atoms with Gasteiger partial charge in [-0.05, 0) is 118 Å². The van der Waals surface area contributed by atoms with E-state index < -0.39 is 0 Å². The van der Waals surface area contributed by atoms with Gasteiger partial charge in [-0.1, -0.05) is 158 Å². The molecule has 0 spiro atoms. The minimum atomic E-state index is 0.926. The van der Waals surface area contributed by atoms with Gasteiger partial charge in [0.25, 0.3) is 0 Å². The number of aromatic nitrogens is 2. The van der Waals surface area contributed by atoms with Gasteiger partial charge >= 0.3 is 0 Å². The summed E-state index contributed by atoms with van der Waals surface area (Å²) in [4.78, 5) is 14.1. The van der Waals surface area contributed by atoms with Crippen LogP contribution in [0.1, 0.15) is 0 Å². The van der Waals surface area contributed by atoms with Crippen molar-refractivity contribution in [2.45, 2.75) is 0 Å². The third kappa shape index (κ3) is 7.89. The van der Waals surface area contributed by atoms with Gasteiger partial charge in [-0.2, -0.15) is 0 Å². The average molecular weight is 795 g/mol. The van der Waals surface area contributed by atoms with Gasteiger partial charge < -0.3 is 9.80 Å². The van der Waals surface area contributed by atoms with Crippen LogP contribution in [0.4, 0.5) is 34.1 Å². The molecule has 0 N–H and O–H groups in total. The molecule has 2 heterocycles. The van der Waals surface area contributed by atoms with Crippen molar-refractivity contribution in [2.24, 2.45) is 0 Å². The SMILES string of the molecule is c1ccc(-c2ccc(N(c3ccc(-c4ccc(N(c5ccc(-c6ccccc6)cc5)c5ccccc5-c5ccccn5)cc4)cc3)c3ccccc3-c3ccccn3)cc2)cc1. The first-order valence-corrected chi connectivity index (χ1v) is 20.9. The Balaban J connectivity index is 1.01. The first-order chi connectivity index (χ1) is 30.8. The van der Waals surface area contributed by atoms with Crippen molar-refractivity contribution in [2.75, 3.05) is 9.80 Å². The number of para-hydroxylation sites is 2. The summed E-state index contributed by atoms with van der Waals surface area (Å²) >= 11 is 0. The summed E-state index contributed by atoms with van der Waals surface area (Å²) < 4.78 is 0. The monoisotopic (exact) mass is 794 g/mol. The van der Waals surface area contributed by atoms with Gasteiger partial charge in [-0.3, -0.25) is 9.97 Å². The topological polar surface area (TPSA) is 32.3 Å². The molecular formula is C58H42N4. The molecule has 10 rings (SSSR count). The lowest BCUT2D eigenvalue weighted by Crippen LogP contribution is -2.11. The minimum Gasteiger partial charge on any atom is -0.310 e. The van der Waals surface area contributed by atoms with Gasteiger partial charge in [0.05, 0.1) is 22.8 Å². The van der Waals surface area contributed by atoms with E-state index in [2.05, 4.69) is 228 Å². The zero-order valence-corrected chi connectivity index (χ0v) is 34.0. The lowest BCUT2D eigenvalue weighted by atomic mass is 10.0. The van der Waals surface area contributed by atoms with Crippen LogP contribution >= 0.6 is 0 Å². The molecule has 0 amide bonds. The fraction of sp³-hybridized carbons (Fsp3) is 0. The summed E-state index contributed by atoms with van der Waals surface area (Å²) in [5, 5.41) is 0. The van der Waals surface area contributed by atoms with Crippen LogP contribution < -0.4 is 9.80 Å². The molecule has 62 heavy (non-hydrogen) atoms. The van der Waals surface area contributed by atoms with Crippen molar-refractivity contribution in [3.05, 3.63) is 255 Å². The Morgan fingerprint density at radius 3 is 0.806 bits per heavy atom. The number of rotatable bonds is 11. The van der Waals surface area contributed by atoms with E-state index in [4.69, 9.17) is 9.97 Å². The first-order valence-electron chi connectivity index (χ1n) is 20.9. The second-order valence-corrected chi connectivity index (χ2v) is 15.1. The van der Waals surface area contributed by atoms with Crippen LogP contribution in [-0.2, 0) is 0 Å². The molecule has 0 aliphatic rings. The van der Waals surface area contributed by atoms with Crippen molar-refractivity contribution >= 4 is 34.1 Å². The molecule has 0 unspecified atom stereocenters. The number of anilines is 6. The highest BCUT2D eigenvalue weighted by Crippen LogP contribution is 2.43. The average Bonchev–Trinajstić information content (AvgIpc) is 3.36. The van der Waals surface area contributed by atoms with Crippen molar-refractivity contribution in [1.82, 2.24) is 9.97 Å². The van der Waals surface area contributed by atoms with Crippen LogP contribution in [0.15, 0.2) is 255 Å². The normalized spacial score (nSPS) is 10.9. The van der Waals surface area contributed by atoms with Gasteiger partial charge in [0, 0.05) is 46.3 Å². The summed E-state index contributed by atoms with van der Waals surface area (Å²) in [5.74, 6) is 0. The van der Waals surface area contributed by atoms with Gasteiger partial charge in [0.15, 0.2) is 0 Å². The van der Waals surface area contributed by atoms with Gasteiger partial charge in [0.1, 0.15) is 0 Å². The lowest BCUT2D eigenvalue weighted by molar-refractivity contribution is 1.26. The minimum absolute atomic E-state index is 0.926. The number of hydrogen-bond acceptors (Lipinski definition) is 4. The molecule has 0 aliphatic carbocycles. The molecule has 10 aromatic rings. The smallest absolute Gasteiger partial charge is 0.0723 e. The molecule has 294 valence electrons.